The Hall–Kier alpha value is -1.30. The predicted molar refractivity (Wildman–Crippen MR) is 58.8 cm³/mol. The molecule has 90 valence electrons. The Balaban J connectivity index is 2.87. The van der Waals surface area contributed by atoms with Crippen LogP contribution in [0.3, 0.4) is 0 Å². The first-order valence-electron chi connectivity index (χ1n) is 5.08. The van der Waals surface area contributed by atoms with Gasteiger partial charge in [-0.2, -0.15) is 0 Å². The minimum atomic E-state index is -2.41. The van der Waals surface area contributed by atoms with E-state index in [4.69, 9.17) is 5.73 Å². The van der Waals surface area contributed by atoms with Gasteiger partial charge < -0.3 is 10.6 Å². The third-order valence-electron chi connectivity index (χ3n) is 2.26. The molecule has 16 heavy (non-hydrogen) atoms. The monoisotopic (exact) mass is 230 g/mol. The van der Waals surface area contributed by atoms with E-state index in [0.717, 1.165) is 11.4 Å². The standard InChI is InChI=1S/C10H16F2N4/c1-7-8(2)15-10(5-14-7)16(4-3-13)6-9(11)12/h5,9H,3-4,6,13H2,1-2H3. The number of aryl methyl sites for hydroxylation is 2. The van der Waals surface area contributed by atoms with Crippen molar-refractivity contribution in [2.24, 2.45) is 5.73 Å². The summed E-state index contributed by atoms with van der Waals surface area (Å²) in [6.07, 6.45) is -0.907. The van der Waals surface area contributed by atoms with Gasteiger partial charge in [-0.15, -0.1) is 0 Å². The molecule has 1 aromatic heterocycles. The summed E-state index contributed by atoms with van der Waals surface area (Å²) in [6, 6.07) is 0. The first-order valence-corrected chi connectivity index (χ1v) is 5.08. The summed E-state index contributed by atoms with van der Waals surface area (Å²) in [5, 5.41) is 0. The second-order valence-electron chi connectivity index (χ2n) is 3.52. The van der Waals surface area contributed by atoms with Crippen molar-refractivity contribution in [1.82, 2.24) is 9.97 Å². The van der Waals surface area contributed by atoms with E-state index >= 15 is 0 Å². The number of nitrogens with two attached hydrogens (primary N) is 1. The molecule has 0 atom stereocenters. The lowest BCUT2D eigenvalue weighted by molar-refractivity contribution is 0.154. The summed E-state index contributed by atoms with van der Waals surface area (Å²) in [4.78, 5) is 9.77. The van der Waals surface area contributed by atoms with Gasteiger partial charge in [0.05, 0.1) is 24.1 Å². The summed E-state index contributed by atoms with van der Waals surface area (Å²) in [7, 11) is 0. The lowest BCUT2D eigenvalue weighted by Crippen LogP contribution is -2.34. The fourth-order valence-electron chi connectivity index (χ4n) is 1.30. The molecule has 1 heterocycles. The van der Waals surface area contributed by atoms with Crippen LogP contribution in [0.25, 0.3) is 0 Å². The van der Waals surface area contributed by atoms with Crippen LogP contribution in [0.1, 0.15) is 11.4 Å². The van der Waals surface area contributed by atoms with E-state index < -0.39 is 6.43 Å². The minimum Gasteiger partial charge on any atom is -0.348 e. The number of nitrogens with zero attached hydrogens (tertiary/aromatic N) is 3. The highest BCUT2D eigenvalue weighted by Crippen LogP contribution is 2.12. The van der Waals surface area contributed by atoms with Crippen molar-refractivity contribution in [1.29, 1.82) is 0 Å². The normalized spacial score (nSPS) is 10.9. The van der Waals surface area contributed by atoms with Gasteiger partial charge in [0.1, 0.15) is 5.82 Å². The number of rotatable bonds is 5. The third kappa shape index (κ3) is 3.37. The first-order chi connectivity index (χ1) is 7.54. The molecule has 6 heteroatoms. The zero-order valence-corrected chi connectivity index (χ0v) is 9.45. The first kappa shape index (κ1) is 12.8. The van der Waals surface area contributed by atoms with E-state index in [1.165, 1.54) is 11.1 Å². The van der Waals surface area contributed by atoms with Crippen LogP contribution in [-0.4, -0.2) is 36.0 Å². The molecule has 0 fully saturated rings. The number of hydrogen-bond donors (Lipinski definition) is 1. The number of aromatic nitrogens is 2. The second-order valence-corrected chi connectivity index (χ2v) is 3.52. The molecule has 0 saturated heterocycles. The molecule has 0 aliphatic rings. The van der Waals surface area contributed by atoms with Crippen LogP contribution in [-0.2, 0) is 0 Å². The molecule has 1 rings (SSSR count). The van der Waals surface area contributed by atoms with Crippen LogP contribution >= 0.6 is 0 Å². The van der Waals surface area contributed by atoms with Gasteiger partial charge >= 0.3 is 0 Å². The molecule has 0 amide bonds. The van der Waals surface area contributed by atoms with Crippen molar-refractivity contribution in [2.75, 3.05) is 24.5 Å². The summed E-state index contributed by atoms with van der Waals surface area (Å²) in [5.41, 5.74) is 6.92. The number of alkyl halides is 2. The third-order valence-corrected chi connectivity index (χ3v) is 2.26. The lowest BCUT2D eigenvalue weighted by atomic mass is 10.3. The molecule has 0 bridgehead atoms. The highest BCUT2D eigenvalue weighted by atomic mass is 19.3. The fraction of sp³-hybridized carbons (Fsp3) is 0.600. The maximum atomic E-state index is 12.3. The molecule has 1 aromatic rings. The van der Waals surface area contributed by atoms with Gasteiger partial charge in [0.15, 0.2) is 0 Å². The number of hydrogen-bond acceptors (Lipinski definition) is 4. The molecule has 0 aromatic carbocycles. The highest BCUT2D eigenvalue weighted by molar-refractivity contribution is 5.37. The van der Waals surface area contributed by atoms with Gasteiger partial charge in [-0.3, -0.25) is 4.98 Å². The van der Waals surface area contributed by atoms with E-state index in [0.29, 0.717) is 18.9 Å². The van der Waals surface area contributed by atoms with E-state index in [9.17, 15) is 8.78 Å². The topological polar surface area (TPSA) is 55.0 Å². The average Bonchev–Trinajstić information content (AvgIpc) is 2.21. The lowest BCUT2D eigenvalue weighted by Gasteiger charge is -2.22. The van der Waals surface area contributed by atoms with Crippen molar-refractivity contribution in [3.8, 4) is 0 Å². The molecule has 0 saturated carbocycles. The van der Waals surface area contributed by atoms with E-state index in [-0.39, 0.29) is 6.54 Å². The van der Waals surface area contributed by atoms with Gasteiger partial charge in [-0.1, -0.05) is 0 Å². The average molecular weight is 230 g/mol. The molecule has 0 aliphatic carbocycles. The maximum Gasteiger partial charge on any atom is 0.255 e. The molecule has 0 spiro atoms. The van der Waals surface area contributed by atoms with E-state index in [1.54, 1.807) is 6.92 Å². The molecule has 0 aliphatic heterocycles. The van der Waals surface area contributed by atoms with Crippen molar-refractivity contribution in [2.45, 2.75) is 20.3 Å². The summed E-state index contributed by atoms with van der Waals surface area (Å²) < 4.78 is 24.7. The van der Waals surface area contributed by atoms with Crippen molar-refractivity contribution in [3.63, 3.8) is 0 Å². The molecule has 0 radical (unpaired) electrons. The smallest absolute Gasteiger partial charge is 0.255 e. The minimum absolute atomic E-state index is 0.307. The number of anilines is 1. The Morgan fingerprint density at radius 2 is 2.06 bits per heavy atom. The van der Waals surface area contributed by atoms with Crippen molar-refractivity contribution >= 4 is 5.82 Å². The highest BCUT2D eigenvalue weighted by Gasteiger charge is 2.14. The van der Waals surface area contributed by atoms with E-state index in [1.807, 2.05) is 6.92 Å². The van der Waals surface area contributed by atoms with E-state index in [2.05, 4.69) is 9.97 Å². The SMILES string of the molecule is Cc1ncc(N(CCN)CC(F)F)nc1C. The predicted octanol–water partition coefficient (Wildman–Crippen LogP) is 1.12. The van der Waals surface area contributed by atoms with Crippen molar-refractivity contribution < 1.29 is 8.78 Å². The molecule has 0 unspecified atom stereocenters. The number of halogens is 2. The molecule has 4 nitrogen and oxygen atoms in total. The van der Waals surface area contributed by atoms with Crippen LogP contribution < -0.4 is 10.6 Å². The van der Waals surface area contributed by atoms with Crippen LogP contribution in [0.2, 0.25) is 0 Å². The molecular formula is C10H16F2N4. The fourth-order valence-corrected chi connectivity index (χ4v) is 1.30. The van der Waals surface area contributed by atoms with Gasteiger partial charge in [-0.05, 0) is 13.8 Å². The van der Waals surface area contributed by atoms with Crippen LogP contribution in [0.5, 0.6) is 0 Å². The summed E-state index contributed by atoms with van der Waals surface area (Å²) in [6.45, 7) is 3.92. The molecular weight excluding hydrogens is 214 g/mol. The Morgan fingerprint density at radius 1 is 1.38 bits per heavy atom. The van der Waals surface area contributed by atoms with Gasteiger partial charge in [-0.25, -0.2) is 13.8 Å². The molecule has 2 N–H and O–H groups in total. The summed E-state index contributed by atoms with van der Waals surface area (Å²) >= 11 is 0. The summed E-state index contributed by atoms with van der Waals surface area (Å²) in [5.74, 6) is 0.453. The Morgan fingerprint density at radius 3 is 2.56 bits per heavy atom. The second kappa shape index (κ2) is 5.69. The Bertz CT molecular complexity index is 344. The van der Waals surface area contributed by atoms with Crippen LogP contribution in [0.15, 0.2) is 6.20 Å². The Kier molecular flexibility index (Phi) is 4.54. The maximum absolute atomic E-state index is 12.3. The largest absolute Gasteiger partial charge is 0.348 e. The zero-order valence-electron chi connectivity index (χ0n) is 9.45. The van der Waals surface area contributed by atoms with Gasteiger partial charge in [0, 0.05) is 13.1 Å². The zero-order chi connectivity index (χ0) is 12.1. The van der Waals surface area contributed by atoms with Crippen LogP contribution in [0, 0.1) is 13.8 Å². The van der Waals surface area contributed by atoms with Crippen molar-refractivity contribution in [3.05, 3.63) is 17.6 Å². The quantitative estimate of drug-likeness (QED) is 0.823. The van der Waals surface area contributed by atoms with Gasteiger partial charge in [0.2, 0.25) is 0 Å². The van der Waals surface area contributed by atoms with Crippen LogP contribution in [0.4, 0.5) is 14.6 Å². The van der Waals surface area contributed by atoms with Gasteiger partial charge in [0.25, 0.3) is 6.43 Å². The Labute approximate surface area is 93.5 Å².